The van der Waals surface area contributed by atoms with Gasteiger partial charge in [0.2, 0.25) is 0 Å². The number of halogens is 2. The normalized spacial score (nSPS) is 10.5. The van der Waals surface area contributed by atoms with E-state index in [9.17, 15) is 29.0 Å². The number of carboxylic acid groups (broad SMARTS) is 2. The van der Waals surface area contributed by atoms with E-state index in [1.54, 1.807) is 0 Å². The average molecular weight is 371 g/mol. The van der Waals surface area contributed by atoms with Gasteiger partial charge in [0.25, 0.3) is 5.56 Å². The van der Waals surface area contributed by atoms with Crippen LogP contribution < -0.4 is 11.3 Å². The van der Waals surface area contributed by atoms with Gasteiger partial charge in [0.05, 0.1) is 4.47 Å². The number of pyridine rings is 1. The predicted octanol–water partition coefficient (Wildman–Crippen LogP) is 1.92. The molecule has 1 aromatic heterocycles. The molecule has 0 aliphatic rings. The molecule has 0 fully saturated rings. The van der Waals surface area contributed by atoms with E-state index in [2.05, 4.69) is 15.9 Å². The van der Waals surface area contributed by atoms with Gasteiger partial charge in [0.1, 0.15) is 22.8 Å². The Morgan fingerprint density at radius 2 is 1.77 bits per heavy atom. The number of hydrogen-bond donors (Lipinski definition) is 4. The molecule has 0 amide bonds. The number of aromatic amines is 1. The van der Waals surface area contributed by atoms with Gasteiger partial charge < -0.3 is 20.9 Å². The lowest BCUT2D eigenvalue weighted by atomic mass is 9.95. The van der Waals surface area contributed by atoms with Crippen molar-refractivity contribution in [1.29, 1.82) is 0 Å². The second kappa shape index (κ2) is 5.60. The Hall–Kier alpha value is -2.68. The Labute approximate surface area is 130 Å². The third-order valence-corrected chi connectivity index (χ3v) is 3.70. The molecule has 1 heterocycles. The number of nitrogens with two attached hydrogens (primary N) is 1. The van der Waals surface area contributed by atoms with Gasteiger partial charge in [-0.3, -0.25) is 4.79 Å². The standard InChI is InChI=1S/C13H8BrFN2O5/c14-9-4(2-1-3-5(9)15)6-7(12(19)20)10(16)17-11(18)8(6)13(21)22/h1-3H,(H,19,20)(H,21,22)(H3,16,17,18). The number of nitrogen functional groups attached to an aromatic ring is 1. The lowest BCUT2D eigenvalue weighted by Gasteiger charge is -2.13. The minimum Gasteiger partial charge on any atom is -0.478 e. The van der Waals surface area contributed by atoms with E-state index in [-0.39, 0.29) is 10.0 Å². The SMILES string of the molecule is Nc1[nH]c(=O)c(C(=O)O)c(-c2cccc(F)c2Br)c1C(=O)O. The molecular formula is C13H8BrFN2O5. The summed E-state index contributed by atoms with van der Waals surface area (Å²) >= 11 is 2.92. The maximum absolute atomic E-state index is 13.7. The Morgan fingerprint density at radius 3 is 2.32 bits per heavy atom. The molecule has 0 saturated carbocycles. The molecule has 0 unspecified atom stereocenters. The molecule has 0 atom stereocenters. The van der Waals surface area contributed by atoms with Gasteiger partial charge in [-0.1, -0.05) is 12.1 Å². The number of anilines is 1. The van der Waals surface area contributed by atoms with E-state index in [0.717, 1.165) is 6.07 Å². The summed E-state index contributed by atoms with van der Waals surface area (Å²) in [5, 5.41) is 18.5. The third kappa shape index (κ3) is 2.46. The third-order valence-electron chi connectivity index (χ3n) is 2.89. The molecule has 0 spiro atoms. The summed E-state index contributed by atoms with van der Waals surface area (Å²) in [5.41, 5.74) is 2.37. The zero-order chi connectivity index (χ0) is 16.6. The minimum absolute atomic E-state index is 0.104. The van der Waals surface area contributed by atoms with Crippen LogP contribution >= 0.6 is 15.9 Å². The largest absolute Gasteiger partial charge is 0.478 e. The van der Waals surface area contributed by atoms with E-state index < -0.39 is 45.8 Å². The highest BCUT2D eigenvalue weighted by Gasteiger charge is 2.28. The molecule has 9 heteroatoms. The van der Waals surface area contributed by atoms with E-state index >= 15 is 0 Å². The molecule has 7 nitrogen and oxygen atoms in total. The van der Waals surface area contributed by atoms with Crippen molar-refractivity contribution in [1.82, 2.24) is 4.98 Å². The van der Waals surface area contributed by atoms with E-state index in [1.165, 1.54) is 12.1 Å². The van der Waals surface area contributed by atoms with Gasteiger partial charge in [-0.05, 0) is 22.0 Å². The fourth-order valence-corrected chi connectivity index (χ4v) is 2.48. The number of carbonyl (C=O) groups is 2. The first-order valence-electron chi connectivity index (χ1n) is 5.72. The molecule has 22 heavy (non-hydrogen) atoms. The molecule has 0 saturated heterocycles. The van der Waals surface area contributed by atoms with Crippen molar-refractivity contribution in [2.24, 2.45) is 0 Å². The van der Waals surface area contributed by atoms with Crippen LogP contribution in [0.4, 0.5) is 10.2 Å². The highest BCUT2D eigenvalue weighted by atomic mass is 79.9. The zero-order valence-corrected chi connectivity index (χ0v) is 12.3. The topological polar surface area (TPSA) is 133 Å². The number of carboxylic acids is 2. The summed E-state index contributed by atoms with van der Waals surface area (Å²) in [5.74, 6) is -4.48. The Bertz CT molecular complexity index is 862. The smallest absolute Gasteiger partial charge is 0.342 e. The van der Waals surface area contributed by atoms with Gasteiger partial charge in [-0.2, -0.15) is 0 Å². The summed E-state index contributed by atoms with van der Waals surface area (Å²) in [4.78, 5) is 36.5. The molecule has 0 radical (unpaired) electrons. The van der Waals surface area contributed by atoms with E-state index in [4.69, 9.17) is 5.73 Å². The van der Waals surface area contributed by atoms with Crippen molar-refractivity contribution < 1.29 is 24.2 Å². The molecule has 5 N–H and O–H groups in total. The maximum atomic E-state index is 13.7. The van der Waals surface area contributed by atoms with Crippen LogP contribution in [0.3, 0.4) is 0 Å². The molecule has 1 aromatic carbocycles. The number of benzene rings is 1. The zero-order valence-electron chi connectivity index (χ0n) is 10.7. The first kappa shape index (κ1) is 15.7. The number of nitrogens with one attached hydrogen (secondary N) is 1. The quantitative estimate of drug-likeness (QED) is 0.652. The number of aromatic carboxylic acids is 2. The minimum atomic E-state index is -1.66. The molecule has 0 aliphatic carbocycles. The number of hydrogen-bond acceptors (Lipinski definition) is 4. The van der Waals surface area contributed by atoms with Crippen molar-refractivity contribution in [3.8, 4) is 11.1 Å². The second-order valence-electron chi connectivity index (χ2n) is 4.20. The lowest BCUT2D eigenvalue weighted by molar-refractivity contribution is 0.0695. The molecule has 114 valence electrons. The molecule has 2 aromatic rings. The first-order chi connectivity index (χ1) is 10.3. The lowest BCUT2D eigenvalue weighted by Crippen LogP contribution is -2.24. The average Bonchev–Trinajstić information content (AvgIpc) is 2.39. The van der Waals surface area contributed by atoms with Crippen molar-refractivity contribution in [2.75, 3.05) is 5.73 Å². The monoisotopic (exact) mass is 370 g/mol. The summed E-state index contributed by atoms with van der Waals surface area (Å²) in [6, 6.07) is 3.62. The maximum Gasteiger partial charge on any atom is 0.342 e. The predicted molar refractivity (Wildman–Crippen MR) is 78.5 cm³/mol. The van der Waals surface area contributed by atoms with Gasteiger partial charge in [-0.15, -0.1) is 0 Å². The van der Waals surface area contributed by atoms with Crippen LogP contribution in [0.5, 0.6) is 0 Å². The van der Waals surface area contributed by atoms with E-state index in [1.807, 2.05) is 4.98 Å². The number of H-pyrrole nitrogens is 1. The van der Waals surface area contributed by atoms with Gasteiger partial charge in [0, 0.05) is 11.1 Å². The van der Waals surface area contributed by atoms with Gasteiger partial charge in [0.15, 0.2) is 0 Å². The van der Waals surface area contributed by atoms with Crippen LogP contribution in [0, 0.1) is 5.82 Å². The van der Waals surface area contributed by atoms with Crippen LogP contribution in [-0.2, 0) is 0 Å². The Morgan fingerprint density at radius 1 is 1.18 bits per heavy atom. The Balaban J connectivity index is 3.06. The van der Waals surface area contributed by atoms with Crippen LogP contribution in [-0.4, -0.2) is 27.1 Å². The summed E-state index contributed by atoms with van der Waals surface area (Å²) in [6.07, 6.45) is 0. The van der Waals surface area contributed by atoms with Crippen LogP contribution in [0.25, 0.3) is 11.1 Å². The number of aromatic nitrogens is 1. The molecule has 0 aliphatic heterocycles. The summed E-state index contributed by atoms with van der Waals surface area (Å²) in [6.45, 7) is 0. The van der Waals surface area contributed by atoms with Gasteiger partial charge >= 0.3 is 11.9 Å². The van der Waals surface area contributed by atoms with Crippen molar-refractivity contribution in [2.45, 2.75) is 0 Å². The van der Waals surface area contributed by atoms with Gasteiger partial charge in [-0.25, -0.2) is 14.0 Å². The summed E-state index contributed by atoms with van der Waals surface area (Å²) in [7, 11) is 0. The van der Waals surface area contributed by atoms with Crippen molar-refractivity contribution in [3.05, 3.63) is 50.0 Å². The second-order valence-corrected chi connectivity index (χ2v) is 5.00. The van der Waals surface area contributed by atoms with E-state index in [0.29, 0.717) is 0 Å². The van der Waals surface area contributed by atoms with Crippen LogP contribution in [0.15, 0.2) is 27.5 Å². The summed E-state index contributed by atoms with van der Waals surface area (Å²) < 4.78 is 13.5. The molecule has 0 bridgehead atoms. The fourth-order valence-electron chi connectivity index (χ4n) is 2.01. The van der Waals surface area contributed by atoms with Crippen molar-refractivity contribution >= 4 is 33.7 Å². The number of rotatable bonds is 3. The van der Waals surface area contributed by atoms with Crippen molar-refractivity contribution in [3.63, 3.8) is 0 Å². The molecule has 2 rings (SSSR count). The highest BCUT2D eigenvalue weighted by molar-refractivity contribution is 9.10. The molecular weight excluding hydrogens is 363 g/mol. The first-order valence-corrected chi connectivity index (χ1v) is 6.51. The fraction of sp³-hybridized carbons (Fsp3) is 0. The van der Waals surface area contributed by atoms with Crippen LogP contribution in [0.1, 0.15) is 20.7 Å². The van der Waals surface area contributed by atoms with Crippen LogP contribution in [0.2, 0.25) is 0 Å². The Kier molecular flexibility index (Phi) is 4.00. The highest BCUT2D eigenvalue weighted by Crippen LogP contribution is 2.35.